The molecule has 0 fully saturated rings. The lowest BCUT2D eigenvalue weighted by Crippen LogP contribution is -2.03. The Hall–Kier alpha value is -0.550. The summed E-state index contributed by atoms with van der Waals surface area (Å²) < 4.78 is 33.7. The minimum absolute atomic E-state index is 1.05. The molecule has 2 N–H and O–H groups in total. The maximum atomic E-state index is 11.6. The van der Waals surface area contributed by atoms with E-state index < -0.39 is 24.6 Å². The van der Waals surface area contributed by atoms with E-state index in [1.54, 1.807) is 0 Å². The second kappa shape index (κ2) is 3.47. The zero-order chi connectivity index (χ0) is 7.44. The number of aliphatic hydroxyl groups excluding tert-OH is 1. The molecular formula is C4H5F3O2. The van der Waals surface area contributed by atoms with Crippen LogP contribution in [0.1, 0.15) is 6.42 Å². The Bertz CT molecular complexity index is 117. The zero-order valence-electron chi connectivity index (χ0n) is 4.31. The number of halogens is 3. The third kappa shape index (κ3) is 3.99. The van der Waals surface area contributed by atoms with Gasteiger partial charge in [-0.2, -0.15) is 8.78 Å². The minimum Gasteiger partial charge on any atom is -0.368 e. The van der Waals surface area contributed by atoms with Gasteiger partial charge in [0.1, 0.15) is 0 Å². The van der Waals surface area contributed by atoms with Crippen molar-refractivity contribution in [3.63, 3.8) is 0 Å². The molecule has 0 spiro atoms. The summed E-state index contributed by atoms with van der Waals surface area (Å²) in [5, 5.41) is 15.8. The average molecular weight is 142 g/mol. The van der Waals surface area contributed by atoms with Gasteiger partial charge in [-0.05, 0) is 0 Å². The van der Waals surface area contributed by atoms with E-state index in [1.807, 2.05) is 0 Å². The van der Waals surface area contributed by atoms with Gasteiger partial charge in [0.25, 0.3) is 0 Å². The first-order chi connectivity index (χ1) is 4.04. The summed E-state index contributed by atoms with van der Waals surface area (Å²) in [6, 6.07) is 0. The van der Waals surface area contributed by atoms with E-state index in [0.717, 1.165) is 0 Å². The van der Waals surface area contributed by atoms with Crippen molar-refractivity contribution >= 4 is 0 Å². The van der Waals surface area contributed by atoms with Crippen LogP contribution in [0.5, 0.6) is 0 Å². The fraction of sp³-hybridized carbons (Fsp3) is 0.500. The first-order valence-corrected chi connectivity index (χ1v) is 2.10. The Morgan fingerprint density at radius 1 is 1.22 bits per heavy atom. The summed E-state index contributed by atoms with van der Waals surface area (Å²) >= 11 is 0. The Balaban J connectivity index is 3.77. The van der Waals surface area contributed by atoms with Crippen LogP contribution in [0.4, 0.5) is 13.2 Å². The molecule has 2 nitrogen and oxygen atoms in total. The normalized spacial score (nSPS) is 10.0. The van der Waals surface area contributed by atoms with Gasteiger partial charge in [0.2, 0.25) is 0 Å². The highest BCUT2D eigenvalue weighted by Crippen LogP contribution is 2.13. The van der Waals surface area contributed by atoms with Gasteiger partial charge < -0.3 is 10.2 Å². The Morgan fingerprint density at radius 3 is 1.78 bits per heavy atom. The molecule has 0 rings (SSSR count). The molecule has 0 saturated carbocycles. The average Bonchev–Trinajstić information content (AvgIpc) is 1.63. The molecule has 0 aliphatic carbocycles. The molecule has 0 aromatic carbocycles. The van der Waals surface area contributed by atoms with Crippen LogP contribution in [-0.2, 0) is 0 Å². The van der Waals surface area contributed by atoms with Crippen LogP contribution in [0.15, 0.2) is 11.9 Å². The van der Waals surface area contributed by atoms with Crippen LogP contribution in [0.3, 0.4) is 0 Å². The molecule has 5 heteroatoms. The molecule has 0 radical (unpaired) electrons. The van der Waals surface area contributed by atoms with E-state index in [9.17, 15) is 13.2 Å². The summed E-state index contributed by atoms with van der Waals surface area (Å²) in [5.74, 6) is -1.79. The molecular weight excluding hydrogens is 137 g/mol. The maximum Gasteiger partial charge on any atom is 0.301 e. The van der Waals surface area contributed by atoms with Crippen LogP contribution < -0.4 is 0 Å². The first kappa shape index (κ1) is 8.45. The van der Waals surface area contributed by atoms with Gasteiger partial charge in [-0.3, -0.25) is 0 Å². The van der Waals surface area contributed by atoms with Gasteiger partial charge in [0.05, 0.1) is 6.42 Å². The van der Waals surface area contributed by atoms with Gasteiger partial charge in [0.15, 0.2) is 12.1 Å². The van der Waals surface area contributed by atoms with Crippen molar-refractivity contribution in [3.8, 4) is 0 Å². The van der Waals surface area contributed by atoms with E-state index in [4.69, 9.17) is 10.2 Å². The monoisotopic (exact) mass is 142 g/mol. The van der Waals surface area contributed by atoms with Crippen LogP contribution in [0.2, 0.25) is 0 Å². The van der Waals surface area contributed by atoms with Crippen molar-refractivity contribution in [2.24, 2.45) is 0 Å². The summed E-state index contributed by atoms with van der Waals surface area (Å²) in [6.45, 7) is 0. The molecule has 0 bridgehead atoms. The van der Waals surface area contributed by atoms with Crippen LogP contribution in [-0.4, -0.2) is 16.5 Å². The van der Waals surface area contributed by atoms with Gasteiger partial charge in [0, 0.05) is 0 Å². The number of rotatable bonds is 2. The summed E-state index contributed by atoms with van der Waals surface area (Å²) in [4.78, 5) is 0. The van der Waals surface area contributed by atoms with Crippen molar-refractivity contribution in [1.29, 1.82) is 0 Å². The van der Waals surface area contributed by atoms with Crippen LogP contribution in [0.25, 0.3) is 0 Å². The molecule has 0 aliphatic rings. The molecule has 0 saturated heterocycles. The lowest BCUT2D eigenvalue weighted by Gasteiger charge is -1.97. The lowest BCUT2D eigenvalue weighted by molar-refractivity contribution is -0.0424. The standard InChI is InChI=1S/C4H5F3O2/c5-2(4(6)7)1-3(8)9/h3,8-9H,1H2. The second-order valence-corrected chi connectivity index (χ2v) is 1.35. The molecule has 9 heavy (non-hydrogen) atoms. The third-order valence-corrected chi connectivity index (χ3v) is 0.567. The predicted molar refractivity (Wildman–Crippen MR) is 23.2 cm³/mol. The molecule has 0 atom stereocenters. The quantitative estimate of drug-likeness (QED) is 0.559. The molecule has 0 aromatic rings. The predicted octanol–water partition coefficient (Wildman–Crippen LogP) is 0.765. The van der Waals surface area contributed by atoms with Gasteiger partial charge in [-0.1, -0.05) is 0 Å². The van der Waals surface area contributed by atoms with E-state index in [1.165, 1.54) is 0 Å². The van der Waals surface area contributed by atoms with E-state index >= 15 is 0 Å². The number of hydrogen-bond donors (Lipinski definition) is 2. The highest BCUT2D eigenvalue weighted by molar-refractivity contribution is 4.91. The molecule has 54 valence electrons. The largest absolute Gasteiger partial charge is 0.368 e. The Labute approximate surface area is 49.2 Å². The molecule has 0 amide bonds. The molecule has 0 heterocycles. The number of aliphatic hydroxyl groups is 2. The molecule has 0 aromatic heterocycles. The third-order valence-electron chi connectivity index (χ3n) is 0.567. The molecule has 0 unspecified atom stereocenters. The topological polar surface area (TPSA) is 40.5 Å². The Kier molecular flexibility index (Phi) is 3.26. The van der Waals surface area contributed by atoms with Crippen molar-refractivity contribution in [1.82, 2.24) is 0 Å². The van der Waals surface area contributed by atoms with Crippen LogP contribution in [0, 0.1) is 0 Å². The zero-order valence-corrected chi connectivity index (χ0v) is 4.31. The lowest BCUT2D eigenvalue weighted by atomic mass is 10.4. The maximum absolute atomic E-state index is 11.6. The fourth-order valence-electron chi connectivity index (χ4n) is 0.237. The van der Waals surface area contributed by atoms with Crippen LogP contribution >= 0.6 is 0 Å². The van der Waals surface area contributed by atoms with Crippen molar-refractivity contribution in [2.75, 3.05) is 0 Å². The Morgan fingerprint density at radius 2 is 1.67 bits per heavy atom. The minimum atomic E-state index is -2.51. The SMILES string of the molecule is OC(O)CC(F)=C(F)F. The van der Waals surface area contributed by atoms with Crippen molar-refractivity contribution in [3.05, 3.63) is 11.9 Å². The van der Waals surface area contributed by atoms with Crippen molar-refractivity contribution in [2.45, 2.75) is 12.7 Å². The summed E-state index contributed by atoms with van der Waals surface area (Å²) in [5.41, 5.74) is 0. The fourth-order valence-corrected chi connectivity index (χ4v) is 0.237. The van der Waals surface area contributed by atoms with Gasteiger partial charge >= 0.3 is 6.08 Å². The van der Waals surface area contributed by atoms with Gasteiger partial charge in [-0.25, -0.2) is 4.39 Å². The second-order valence-electron chi connectivity index (χ2n) is 1.35. The smallest absolute Gasteiger partial charge is 0.301 e. The van der Waals surface area contributed by atoms with Crippen molar-refractivity contribution < 1.29 is 23.4 Å². The summed E-state index contributed by atoms with van der Waals surface area (Å²) in [7, 11) is 0. The first-order valence-electron chi connectivity index (χ1n) is 2.10. The van der Waals surface area contributed by atoms with E-state index in [0.29, 0.717) is 0 Å². The highest BCUT2D eigenvalue weighted by atomic mass is 19.3. The highest BCUT2D eigenvalue weighted by Gasteiger charge is 2.08. The van der Waals surface area contributed by atoms with Gasteiger partial charge in [-0.15, -0.1) is 0 Å². The number of hydrogen-bond acceptors (Lipinski definition) is 2. The molecule has 0 aliphatic heterocycles. The summed E-state index contributed by atoms with van der Waals surface area (Å²) in [6.07, 6.45) is -5.61. The van der Waals surface area contributed by atoms with E-state index in [2.05, 4.69) is 0 Å². The van der Waals surface area contributed by atoms with E-state index in [-0.39, 0.29) is 0 Å².